The molecule has 0 saturated carbocycles. The Morgan fingerprint density at radius 3 is 1.31 bits per heavy atom. The standard InChI is InChI=1S/C55H53N5O8/c1-37(2)51(61)58-53-57-50-49(52(62)59-53)56-36-60(50)33-38(34-67-54(39-13-9-7-10-14-39,41-17-25-45(63-3)26-18-41)42-19-27-46(64-4)28-20-42)35-68-55(40-15-11-8-12-16-40,43-21-29-47(65-5)30-22-43)44-23-31-48(66-6)32-24-44/h7-33,36-37H,34-35H2,1-6H3,(H2,57,58,59,61,62). The molecule has 0 spiro atoms. The van der Waals surface area contributed by atoms with E-state index < -0.39 is 16.8 Å². The second-order valence-corrected chi connectivity index (χ2v) is 16.3. The van der Waals surface area contributed by atoms with E-state index in [1.165, 1.54) is 6.33 Å². The number of hydrogen-bond donors (Lipinski definition) is 2. The van der Waals surface area contributed by atoms with Crippen molar-refractivity contribution in [1.29, 1.82) is 0 Å². The molecule has 1 amide bonds. The van der Waals surface area contributed by atoms with Crippen molar-refractivity contribution >= 4 is 29.2 Å². The van der Waals surface area contributed by atoms with Gasteiger partial charge in [-0.05, 0) is 87.5 Å². The zero-order valence-corrected chi connectivity index (χ0v) is 38.8. The van der Waals surface area contributed by atoms with Gasteiger partial charge in [-0.15, -0.1) is 0 Å². The highest BCUT2D eigenvalue weighted by molar-refractivity contribution is 5.91. The predicted molar refractivity (Wildman–Crippen MR) is 262 cm³/mol. The molecule has 0 saturated heterocycles. The largest absolute Gasteiger partial charge is 0.497 e. The first-order valence-electron chi connectivity index (χ1n) is 22.1. The van der Waals surface area contributed by atoms with Crippen molar-refractivity contribution in [2.24, 2.45) is 5.92 Å². The van der Waals surface area contributed by atoms with Gasteiger partial charge in [0.1, 0.15) is 40.5 Å². The second-order valence-electron chi connectivity index (χ2n) is 16.3. The van der Waals surface area contributed by atoms with E-state index in [2.05, 4.69) is 20.3 Å². The third-order valence-electron chi connectivity index (χ3n) is 11.8. The van der Waals surface area contributed by atoms with Gasteiger partial charge < -0.3 is 28.4 Å². The summed E-state index contributed by atoms with van der Waals surface area (Å²) in [6.07, 6.45) is 3.32. The summed E-state index contributed by atoms with van der Waals surface area (Å²) >= 11 is 0. The van der Waals surface area contributed by atoms with Gasteiger partial charge in [0, 0.05) is 12.1 Å². The van der Waals surface area contributed by atoms with E-state index in [0.717, 1.165) is 33.4 Å². The minimum absolute atomic E-state index is 0.00499. The molecule has 13 heteroatoms. The number of rotatable bonds is 19. The van der Waals surface area contributed by atoms with Crippen LogP contribution in [0.4, 0.5) is 5.95 Å². The maximum atomic E-state index is 13.5. The van der Waals surface area contributed by atoms with Crippen molar-refractivity contribution in [1.82, 2.24) is 19.5 Å². The molecule has 8 rings (SSSR count). The molecule has 0 aliphatic carbocycles. The number of anilines is 1. The van der Waals surface area contributed by atoms with Crippen LogP contribution in [-0.2, 0) is 25.5 Å². The van der Waals surface area contributed by atoms with Crippen LogP contribution in [0.2, 0.25) is 0 Å². The minimum atomic E-state index is -1.21. The number of imidazole rings is 1. The number of methoxy groups -OCH3 is 4. The molecule has 0 unspecified atom stereocenters. The van der Waals surface area contributed by atoms with E-state index in [-0.39, 0.29) is 42.2 Å². The van der Waals surface area contributed by atoms with Crippen LogP contribution in [0.3, 0.4) is 0 Å². The van der Waals surface area contributed by atoms with Crippen molar-refractivity contribution in [2.75, 3.05) is 47.0 Å². The van der Waals surface area contributed by atoms with Crippen molar-refractivity contribution in [3.8, 4) is 23.0 Å². The Labute approximate surface area is 395 Å². The lowest BCUT2D eigenvalue weighted by molar-refractivity contribution is -0.118. The summed E-state index contributed by atoms with van der Waals surface area (Å²) in [5.74, 6) is 2.08. The molecule has 0 atom stereocenters. The summed E-state index contributed by atoms with van der Waals surface area (Å²) in [7, 11) is 6.53. The number of H-pyrrole nitrogens is 1. The Balaban J connectivity index is 1.33. The van der Waals surface area contributed by atoms with E-state index in [1.54, 1.807) is 46.9 Å². The van der Waals surface area contributed by atoms with Crippen LogP contribution in [-0.4, -0.2) is 67.1 Å². The molecule has 2 N–H and O–H groups in total. The second kappa shape index (κ2) is 20.7. The van der Waals surface area contributed by atoms with Crippen LogP contribution < -0.4 is 29.8 Å². The number of aromatic nitrogens is 4. The molecule has 0 aliphatic rings. The molecule has 13 nitrogen and oxygen atoms in total. The molecule has 0 aliphatic heterocycles. The number of nitrogens with one attached hydrogen (secondary N) is 2. The number of benzene rings is 6. The molecule has 8 aromatic rings. The van der Waals surface area contributed by atoms with Gasteiger partial charge in [-0.2, -0.15) is 4.98 Å². The number of carbonyl (C=O) groups excluding carboxylic acids is 1. The number of amides is 1. The zero-order valence-electron chi connectivity index (χ0n) is 38.8. The van der Waals surface area contributed by atoms with E-state index >= 15 is 0 Å². The van der Waals surface area contributed by atoms with Crippen LogP contribution in [0.5, 0.6) is 23.0 Å². The normalized spacial score (nSPS) is 11.6. The van der Waals surface area contributed by atoms with Gasteiger partial charge in [0.2, 0.25) is 11.9 Å². The van der Waals surface area contributed by atoms with Gasteiger partial charge in [-0.1, -0.05) is 123 Å². The molecular formula is C55H53N5O8. The van der Waals surface area contributed by atoms with Gasteiger partial charge in [-0.25, -0.2) is 4.98 Å². The lowest BCUT2D eigenvalue weighted by Crippen LogP contribution is -2.36. The minimum Gasteiger partial charge on any atom is -0.497 e. The van der Waals surface area contributed by atoms with Gasteiger partial charge in [0.25, 0.3) is 5.56 Å². The molecule has 0 fully saturated rings. The smallest absolute Gasteiger partial charge is 0.280 e. The molecule has 6 aromatic carbocycles. The van der Waals surface area contributed by atoms with E-state index in [0.29, 0.717) is 28.6 Å². The predicted octanol–water partition coefficient (Wildman–Crippen LogP) is 9.61. The highest BCUT2D eigenvalue weighted by Crippen LogP contribution is 2.44. The maximum Gasteiger partial charge on any atom is 0.280 e. The Kier molecular flexibility index (Phi) is 14.1. The summed E-state index contributed by atoms with van der Waals surface area (Å²) in [5, 5.41) is 2.72. The van der Waals surface area contributed by atoms with Crippen molar-refractivity contribution < 1.29 is 33.2 Å². The van der Waals surface area contributed by atoms with E-state index in [1.807, 2.05) is 164 Å². The number of fused-ring (bicyclic) bond motifs is 1. The lowest BCUT2D eigenvalue weighted by atomic mass is 9.79. The van der Waals surface area contributed by atoms with Crippen LogP contribution in [0.25, 0.3) is 17.4 Å². The van der Waals surface area contributed by atoms with Crippen LogP contribution in [0.15, 0.2) is 174 Å². The van der Waals surface area contributed by atoms with Gasteiger partial charge in [-0.3, -0.25) is 24.5 Å². The zero-order chi connectivity index (χ0) is 47.7. The SMILES string of the molecule is COc1ccc(C(OCC(=Cn2cnc3c(=O)[nH]c(NC(=O)C(C)C)nc32)COC(c2ccccc2)(c2ccc(OC)cc2)c2ccc(OC)cc2)(c2ccccc2)c2ccc(OC)cc2)cc1. The molecular weight excluding hydrogens is 859 g/mol. The topological polar surface area (TPSA) is 148 Å². The Morgan fingerprint density at radius 1 is 0.588 bits per heavy atom. The van der Waals surface area contributed by atoms with Crippen LogP contribution >= 0.6 is 0 Å². The Hall–Kier alpha value is -8.00. The summed E-state index contributed by atoms with van der Waals surface area (Å²) in [4.78, 5) is 38.1. The average Bonchev–Trinajstić information content (AvgIpc) is 3.80. The summed E-state index contributed by atoms with van der Waals surface area (Å²) < 4.78 is 39.0. The number of carbonyl (C=O) groups is 1. The van der Waals surface area contributed by atoms with E-state index in [9.17, 15) is 9.59 Å². The van der Waals surface area contributed by atoms with Crippen molar-refractivity contribution in [2.45, 2.75) is 25.0 Å². The maximum absolute atomic E-state index is 13.5. The van der Waals surface area contributed by atoms with Gasteiger partial charge in [0.05, 0.1) is 41.7 Å². The highest BCUT2D eigenvalue weighted by atomic mass is 16.5. The molecule has 0 bridgehead atoms. The fourth-order valence-corrected chi connectivity index (χ4v) is 8.20. The van der Waals surface area contributed by atoms with Crippen molar-refractivity contribution in [3.63, 3.8) is 0 Å². The van der Waals surface area contributed by atoms with Crippen LogP contribution in [0.1, 0.15) is 47.2 Å². The summed E-state index contributed by atoms with van der Waals surface area (Å²) in [6, 6.07) is 51.3. The lowest BCUT2D eigenvalue weighted by Gasteiger charge is -2.38. The van der Waals surface area contributed by atoms with Crippen molar-refractivity contribution in [3.05, 3.63) is 213 Å². The van der Waals surface area contributed by atoms with Gasteiger partial charge >= 0.3 is 0 Å². The average molecular weight is 912 g/mol. The first kappa shape index (κ1) is 46.5. The monoisotopic (exact) mass is 911 g/mol. The number of ether oxygens (including phenoxy) is 6. The Bertz CT molecular complexity index is 2780. The molecule has 0 radical (unpaired) electrons. The molecule has 346 valence electrons. The van der Waals surface area contributed by atoms with E-state index in [4.69, 9.17) is 28.4 Å². The summed E-state index contributed by atoms with van der Waals surface area (Å²) in [6.45, 7) is 3.46. The molecule has 68 heavy (non-hydrogen) atoms. The number of aromatic amines is 1. The third kappa shape index (κ3) is 9.48. The number of nitrogens with zero attached hydrogens (tertiary/aromatic N) is 3. The third-order valence-corrected chi connectivity index (χ3v) is 11.8. The fourth-order valence-electron chi connectivity index (χ4n) is 8.20. The molecule has 2 aromatic heterocycles. The number of hydrogen-bond acceptors (Lipinski definition) is 10. The quantitative estimate of drug-likeness (QED) is 0.0752. The van der Waals surface area contributed by atoms with Gasteiger partial charge in [0.15, 0.2) is 11.2 Å². The molecule has 2 heterocycles. The van der Waals surface area contributed by atoms with Crippen LogP contribution in [0, 0.1) is 5.92 Å². The fraction of sp³-hybridized carbons (Fsp3) is 0.200. The first-order chi connectivity index (χ1) is 33.1. The first-order valence-corrected chi connectivity index (χ1v) is 22.1. The Morgan fingerprint density at radius 2 is 0.956 bits per heavy atom. The summed E-state index contributed by atoms with van der Waals surface area (Å²) in [5.41, 5.74) is 3.03. The highest BCUT2D eigenvalue weighted by Gasteiger charge is 2.40.